The summed E-state index contributed by atoms with van der Waals surface area (Å²) in [6, 6.07) is 10.1. The van der Waals surface area contributed by atoms with Crippen LogP contribution >= 0.6 is 0 Å². The number of nitrogens with one attached hydrogen (secondary N) is 1. The number of para-hydroxylation sites is 1. The van der Waals surface area contributed by atoms with Crippen molar-refractivity contribution in [3.63, 3.8) is 0 Å². The van der Waals surface area contributed by atoms with Crippen molar-refractivity contribution < 1.29 is 4.21 Å². The highest BCUT2D eigenvalue weighted by Gasteiger charge is 2.06. The molecule has 2 unspecified atom stereocenters. The lowest BCUT2D eigenvalue weighted by atomic mass is 10.2. The molecule has 1 heterocycles. The van der Waals surface area contributed by atoms with E-state index in [2.05, 4.69) is 10.3 Å². The summed E-state index contributed by atoms with van der Waals surface area (Å²) in [6.07, 6.45) is 3.52. The van der Waals surface area contributed by atoms with Crippen LogP contribution in [0.4, 0.5) is 5.69 Å². The fourth-order valence-corrected chi connectivity index (χ4v) is 2.67. The average Bonchev–Trinajstić information content (AvgIpc) is 2.28. The third-order valence-electron chi connectivity index (χ3n) is 2.54. The summed E-state index contributed by atoms with van der Waals surface area (Å²) < 4.78 is 11.2. The Hall–Kier alpha value is -1.42. The van der Waals surface area contributed by atoms with Crippen LogP contribution in [0.5, 0.6) is 0 Å². The summed E-state index contributed by atoms with van der Waals surface area (Å²) in [4.78, 5) is 4.31. The molecule has 0 spiro atoms. The minimum atomic E-state index is -0.781. The lowest BCUT2D eigenvalue weighted by Gasteiger charge is -2.15. The molecule has 2 rings (SSSR count). The van der Waals surface area contributed by atoms with Gasteiger partial charge in [0.15, 0.2) is 0 Å². The molecule has 0 fully saturated rings. The molecule has 1 N–H and O–H groups in total. The molecule has 4 heteroatoms. The van der Waals surface area contributed by atoms with E-state index in [1.54, 1.807) is 12.5 Å². The number of nitrogens with zero attached hydrogens (tertiary/aromatic N) is 1. The van der Waals surface area contributed by atoms with Crippen LogP contribution in [0.25, 0.3) is 10.9 Å². The summed E-state index contributed by atoms with van der Waals surface area (Å²) in [6.45, 7) is 2.04. The van der Waals surface area contributed by atoms with E-state index in [0.717, 1.165) is 16.6 Å². The molecule has 0 saturated heterocycles. The quantitative estimate of drug-likeness (QED) is 0.903. The molecule has 0 radical (unpaired) electrons. The number of pyridine rings is 1. The van der Waals surface area contributed by atoms with Gasteiger partial charge in [0.05, 0.1) is 5.52 Å². The number of hydrogen-bond acceptors (Lipinski definition) is 3. The fourth-order valence-electron chi connectivity index (χ4n) is 1.88. The number of fused-ring (bicyclic) bond motifs is 1. The molecular formula is C13H16N2OS. The van der Waals surface area contributed by atoms with Crippen molar-refractivity contribution in [2.75, 3.05) is 17.3 Å². The van der Waals surface area contributed by atoms with Gasteiger partial charge in [0.25, 0.3) is 0 Å². The Morgan fingerprint density at radius 2 is 2.12 bits per heavy atom. The van der Waals surface area contributed by atoms with Gasteiger partial charge < -0.3 is 5.32 Å². The van der Waals surface area contributed by atoms with Gasteiger partial charge in [-0.2, -0.15) is 0 Å². The molecule has 0 aliphatic rings. The predicted molar refractivity (Wildman–Crippen MR) is 73.8 cm³/mol. The normalized spacial score (nSPS) is 14.5. The molecule has 0 bridgehead atoms. The summed E-state index contributed by atoms with van der Waals surface area (Å²) in [5, 5.41) is 4.48. The van der Waals surface area contributed by atoms with Crippen molar-refractivity contribution in [1.82, 2.24) is 4.98 Å². The monoisotopic (exact) mass is 248 g/mol. The van der Waals surface area contributed by atoms with E-state index in [1.165, 1.54) is 0 Å². The smallest absolute Gasteiger partial charge is 0.0722 e. The second-order valence-electron chi connectivity index (χ2n) is 4.16. The van der Waals surface area contributed by atoms with Gasteiger partial charge in [-0.25, -0.2) is 0 Å². The topological polar surface area (TPSA) is 42.0 Å². The van der Waals surface area contributed by atoms with Gasteiger partial charge in [-0.15, -0.1) is 0 Å². The maximum absolute atomic E-state index is 11.2. The zero-order chi connectivity index (χ0) is 12.3. The lowest BCUT2D eigenvalue weighted by Crippen LogP contribution is -2.22. The van der Waals surface area contributed by atoms with Crippen molar-refractivity contribution in [3.8, 4) is 0 Å². The molecule has 0 saturated carbocycles. The van der Waals surface area contributed by atoms with Gasteiger partial charge in [-0.05, 0) is 19.1 Å². The zero-order valence-electron chi connectivity index (χ0n) is 10.0. The molecule has 3 nitrogen and oxygen atoms in total. The van der Waals surface area contributed by atoms with E-state index in [-0.39, 0.29) is 6.04 Å². The maximum atomic E-state index is 11.2. The van der Waals surface area contributed by atoms with E-state index in [4.69, 9.17) is 0 Å². The first-order valence-corrected chi connectivity index (χ1v) is 7.30. The minimum absolute atomic E-state index is 0.187. The van der Waals surface area contributed by atoms with Crippen molar-refractivity contribution in [1.29, 1.82) is 0 Å². The maximum Gasteiger partial charge on any atom is 0.0722 e. The Bertz CT molecular complexity index is 536. The Balaban J connectivity index is 2.26. The first kappa shape index (κ1) is 12.0. The minimum Gasteiger partial charge on any atom is -0.381 e. The van der Waals surface area contributed by atoms with Crippen molar-refractivity contribution in [2.45, 2.75) is 13.0 Å². The molecule has 17 heavy (non-hydrogen) atoms. The highest BCUT2D eigenvalue weighted by Crippen LogP contribution is 2.21. The second-order valence-corrected chi connectivity index (χ2v) is 5.64. The highest BCUT2D eigenvalue weighted by atomic mass is 32.2. The van der Waals surface area contributed by atoms with E-state index < -0.39 is 10.8 Å². The largest absolute Gasteiger partial charge is 0.381 e. The highest BCUT2D eigenvalue weighted by molar-refractivity contribution is 7.84. The first-order valence-electron chi connectivity index (χ1n) is 5.57. The molecule has 0 aliphatic heterocycles. The number of aromatic nitrogens is 1. The zero-order valence-corrected chi connectivity index (χ0v) is 10.8. The molecule has 1 aromatic carbocycles. The number of benzene rings is 1. The molecular weight excluding hydrogens is 232 g/mol. The fraction of sp³-hybridized carbons (Fsp3) is 0.308. The van der Waals surface area contributed by atoms with Crippen LogP contribution in [0.1, 0.15) is 6.92 Å². The number of rotatable bonds is 4. The molecule has 0 amide bonds. The lowest BCUT2D eigenvalue weighted by molar-refractivity contribution is 0.683. The van der Waals surface area contributed by atoms with Gasteiger partial charge in [0.1, 0.15) is 0 Å². The van der Waals surface area contributed by atoms with Crippen LogP contribution in [0.3, 0.4) is 0 Å². The van der Waals surface area contributed by atoms with Crippen LogP contribution in [-0.2, 0) is 10.8 Å². The summed E-state index contributed by atoms with van der Waals surface area (Å²) >= 11 is 0. The van der Waals surface area contributed by atoms with Gasteiger partial charge in [-0.1, -0.05) is 18.2 Å². The predicted octanol–water partition coefficient (Wildman–Crippen LogP) is 2.41. The average molecular weight is 248 g/mol. The van der Waals surface area contributed by atoms with Gasteiger partial charge in [-0.3, -0.25) is 9.19 Å². The SMILES string of the molecule is CC(CS(C)=O)Nc1ccnc2ccccc12. The standard InChI is InChI=1S/C13H16N2OS/c1-10(9-17(2)16)15-13-7-8-14-12-6-4-3-5-11(12)13/h3-8,10H,9H2,1-2H3,(H,14,15). The summed E-state index contributed by atoms with van der Waals surface area (Å²) in [5.74, 6) is 0.649. The van der Waals surface area contributed by atoms with E-state index in [9.17, 15) is 4.21 Å². The molecule has 1 aromatic heterocycles. The molecule has 0 aliphatic carbocycles. The van der Waals surface area contributed by atoms with Gasteiger partial charge in [0.2, 0.25) is 0 Å². The van der Waals surface area contributed by atoms with E-state index >= 15 is 0 Å². The van der Waals surface area contributed by atoms with Crippen LogP contribution in [0.15, 0.2) is 36.5 Å². The summed E-state index contributed by atoms with van der Waals surface area (Å²) in [5.41, 5.74) is 2.02. The van der Waals surface area contributed by atoms with Crippen molar-refractivity contribution in [3.05, 3.63) is 36.5 Å². The van der Waals surface area contributed by atoms with Crippen molar-refractivity contribution >= 4 is 27.4 Å². The number of hydrogen-bond donors (Lipinski definition) is 1. The van der Waals surface area contributed by atoms with E-state index in [1.807, 2.05) is 37.3 Å². The third kappa shape index (κ3) is 3.03. The Morgan fingerprint density at radius 3 is 2.88 bits per heavy atom. The summed E-state index contributed by atoms with van der Waals surface area (Å²) in [7, 11) is -0.781. The van der Waals surface area contributed by atoms with E-state index in [0.29, 0.717) is 5.75 Å². The molecule has 2 atom stereocenters. The second kappa shape index (κ2) is 5.27. The van der Waals surface area contributed by atoms with Crippen molar-refractivity contribution in [2.24, 2.45) is 0 Å². The third-order valence-corrected chi connectivity index (χ3v) is 3.51. The van der Waals surface area contributed by atoms with Crippen LogP contribution in [-0.4, -0.2) is 27.2 Å². The molecule has 90 valence electrons. The Morgan fingerprint density at radius 1 is 1.35 bits per heavy atom. The molecule has 2 aromatic rings. The first-order chi connectivity index (χ1) is 8.16. The van der Waals surface area contributed by atoms with Crippen LogP contribution < -0.4 is 5.32 Å². The van der Waals surface area contributed by atoms with Crippen LogP contribution in [0.2, 0.25) is 0 Å². The Labute approximate surface area is 104 Å². The van der Waals surface area contributed by atoms with Crippen LogP contribution in [0, 0.1) is 0 Å². The van der Waals surface area contributed by atoms with Gasteiger partial charge in [0, 0.05) is 46.1 Å². The number of anilines is 1. The van der Waals surface area contributed by atoms with Gasteiger partial charge >= 0.3 is 0 Å². The Kier molecular flexibility index (Phi) is 3.74.